The highest BCUT2D eigenvalue weighted by Gasteiger charge is 2.02. The molecule has 7 heteroatoms. The SMILES string of the molecule is NS(=O)(=O)CCCNC(=O)/C=C/c1ccc(Cl)cc1. The highest BCUT2D eigenvalue weighted by atomic mass is 35.5. The molecule has 19 heavy (non-hydrogen) atoms. The van der Waals surface area contributed by atoms with E-state index in [2.05, 4.69) is 5.32 Å². The number of rotatable bonds is 6. The summed E-state index contributed by atoms with van der Waals surface area (Å²) in [5.74, 6) is -0.432. The summed E-state index contributed by atoms with van der Waals surface area (Å²) in [7, 11) is -3.46. The monoisotopic (exact) mass is 302 g/mol. The number of nitrogens with two attached hydrogens (primary N) is 1. The van der Waals surface area contributed by atoms with E-state index in [1.807, 2.05) is 0 Å². The molecule has 0 aliphatic rings. The third kappa shape index (κ3) is 7.61. The van der Waals surface area contributed by atoms with Crippen molar-refractivity contribution in [3.63, 3.8) is 0 Å². The minimum Gasteiger partial charge on any atom is -0.353 e. The Bertz CT molecular complexity index is 553. The molecule has 0 radical (unpaired) electrons. The highest BCUT2D eigenvalue weighted by Crippen LogP contribution is 2.10. The number of nitrogens with one attached hydrogen (secondary N) is 1. The summed E-state index contributed by atoms with van der Waals surface area (Å²) < 4.78 is 21.3. The van der Waals surface area contributed by atoms with E-state index in [-0.39, 0.29) is 18.2 Å². The molecule has 0 atom stereocenters. The van der Waals surface area contributed by atoms with Gasteiger partial charge in [0, 0.05) is 17.6 Å². The highest BCUT2D eigenvalue weighted by molar-refractivity contribution is 7.89. The summed E-state index contributed by atoms with van der Waals surface area (Å²) in [5, 5.41) is 8.03. The Morgan fingerprint density at radius 2 is 1.95 bits per heavy atom. The van der Waals surface area contributed by atoms with Gasteiger partial charge < -0.3 is 5.32 Å². The van der Waals surface area contributed by atoms with Crippen molar-refractivity contribution >= 4 is 33.6 Å². The standard InChI is InChI=1S/C12H15ClN2O3S/c13-11-5-2-10(3-6-11)4-7-12(16)15-8-1-9-19(14,17)18/h2-7H,1,8-9H2,(H,15,16)(H2,14,17,18)/b7-4+. The zero-order valence-corrected chi connectivity index (χ0v) is 11.7. The van der Waals surface area contributed by atoms with Crippen molar-refractivity contribution in [2.75, 3.05) is 12.3 Å². The second-order valence-electron chi connectivity index (χ2n) is 3.90. The Hall–Kier alpha value is -1.37. The molecule has 5 nitrogen and oxygen atoms in total. The second-order valence-corrected chi connectivity index (χ2v) is 6.07. The minimum absolute atomic E-state index is 0.145. The lowest BCUT2D eigenvalue weighted by Gasteiger charge is -2.01. The van der Waals surface area contributed by atoms with Gasteiger partial charge in [-0.3, -0.25) is 4.79 Å². The van der Waals surface area contributed by atoms with Gasteiger partial charge in [-0.05, 0) is 30.2 Å². The van der Waals surface area contributed by atoms with Gasteiger partial charge in [-0.25, -0.2) is 13.6 Å². The van der Waals surface area contributed by atoms with Crippen LogP contribution in [0.5, 0.6) is 0 Å². The fourth-order valence-corrected chi connectivity index (χ4v) is 1.96. The van der Waals surface area contributed by atoms with Crippen LogP contribution in [-0.2, 0) is 14.8 Å². The molecule has 1 aromatic rings. The molecule has 104 valence electrons. The maximum absolute atomic E-state index is 11.4. The lowest BCUT2D eigenvalue weighted by atomic mass is 10.2. The van der Waals surface area contributed by atoms with Crippen LogP contribution in [0, 0.1) is 0 Å². The Morgan fingerprint density at radius 1 is 1.32 bits per heavy atom. The van der Waals surface area contributed by atoms with Crippen LogP contribution < -0.4 is 10.5 Å². The first kappa shape index (κ1) is 15.7. The Balaban J connectivity index is 2.33. The lowest BCUT2D eigenvalue weighted by molar-refractivity contribution is -0.116. The molecule has 0 unspecified atom stereocenters. The summed E-state index contributed by atoms with van der Waals surface area (Å²) in [6.45, 7) is 0.264. The fourth-order valence-electron chi connectivity index (χ4n) is 1.29. The lowest BCUT2D eigenvalue weighted by Crippen LogP contribution is -2.25. The van der Waals surface area contributed by atoms with E-state index in [1.165, 1.54) is 6.08 Å². The molecule has 3 N–H and O–H groups in total. The van der Waals surface area contributed by atoms with E-state index in [1.54, 1.807) is 30.3 Å². The maximum Gasteiger partial charge on any atom is 0.243 e. The smallest absolute Gasteiger partial charge is 0.243 e. The average molecular weight is 303 g/mol. The second kappa shape index (κ2) is 7.28. The normalized spacial score (nSPS) is 11.7. The molecule has 0 spiro atoms. The Kier molecular flexibility index (Phi) is 6.01. The van der Waals surface area contributed by atoms with Gasteiger partial charge >= 0.3 is 0 Å². The van der Waals surface area contributed by atoms with Crippen LogP contribution in [0.3, 0.4) is 0 Å². The first-order valence-electron chi connectivity index (χ1n) is 5.59. The van der Waals surface area contributed by atoms with Crippen molar-refractivity contribution in [3.8, 4) is 0 Å². The van der Waals surface area contributed by atoms with E-state index in [0.717, 1.165) is 5.56 Å². The molecule has 0 saturated carbocycles. The molecule has 0 bridgehead atoms. The van der Waals surface area contributed by atoms with E-state index in [9.17, 15) is 13.2 Å². The predicted molar refractivity (Wildman–Crippen MR) is 76.1 cm³/mol. The van der Waals surface area contributed by atoms with Gasteiger partial charge in [0.1, 0.15) is 0 Å². The average Bonchev–Trinajstić information content (AvgIpc) is 2.33. The molecule has 0 heterocycles. The van der Waals surface area contributed by atoms with Gasteiger partial charge in [0.25, 0.3) is 0 Å². The fraction of sp³-hybridized carbons (Fsp3) is 0.250. The van der Waals surface area contributed by atoms with Crippen LogP contribution in [-0.4, -0.2) is 26.6 Å². The van der Waals surface area contributed by atoms with E-state index >= 15 is 0 Å². The third-order valence-corrected chi connectivity index (χ3v) is 3.31. The molecule has 1 aromatic carbocycles. The molecular formula is C12H15ClN2O3S. The van der Waals surface area contributed by atoms with Crippen molar-refractivity contribution in [1.29, 1.82) is 0 Å². The Morgan fingerprint density at radius 3 is 2.53 bits per heavy atom. The van der Waals surface area contributed by atoms with Gasteiger partial charge in [0.05, 0.1) is 5.75 Å². The zero-order chi connectivity index (χ0) is 14.3. The molecule has 0 saturated heterocycles. The van der Waals surface area contributed by atoms with Crippen molar-refractivity contribution in [3.05, 3.63) is 40.9 Å². The topological polar surface area (TPSA) is 89.3 Å². The predicted octanol–water partition coefficient (Wildman–Crippen LogP) is 1.15. The first-order chi connectivity index (χ1) is 8.87. The van der Waals surface area contributed by atoms with Crippen molar-refractivity contribution in [1.82, 2.24) is 5.32 Å². The number of hydrogen-bond donors (Lipinski definition) is 2. The van der Waals surface area contributed by atoms with Crippen molar-refractivity contribution in [2.24, 2.45) is 5.14 Å². The molecule has 1 amide bonds. The zero-order valence-electron chi connectivity index (χ0n) is 10.2. The number of primary sulfonamides is 1. The Labute approximate surface area is 117 Å². The molecule has 0 aliphatic carbocycles. The van der Waals surface area contributed by atoms with Crippen LogP contribution in [0.4, 0.5) is 0 Å². The number of halogens is 1. The molecule has 0 aliphatic heterocycles. The third-order valence-electron chi connectivity index (χ3n) is 2.20. The van der Waals surface area contributed by atoms with Crippen LogP contribution >= 0.6 is 11.6 Å². The summed E-state index contributed by atoms with van der Waals surface area (Å²) >= 11 is 5.73. The number of benzene rings is 1. The van der Waals surface area contributed by atoms with Crippen molar-refractivity contribution in [2.45, 2.75) is 6.42 Å². The van der Waals surface area contributed by atoms with Gasteiger partial charge in [-0.1, -0.05) is 23.7 Å². The number of hydrogen-bond acceptors (Lipinski definition) is 3. The number of sulfonamides is 1. The number of carbonyl (C=O) groups is 1. The van der Waals surface area contributed by atoms with E-state index < -0.39 is 10.0 Å². The van der Waals surface area contributed by atoms with Crippen LogP contribution in [0.15, 0.2) is 30.3 Å². The molecule has 0 aromatic heterocycles. The summed E-state index contributed by atoms with van der Waals surface area (Å²) in [4.78, 5) is 11.4. The van der Waals surface area contributed by atoms with Crippen LogP contribution in [0.2, 0.25) is 5.02 Å². The van der Waals surface area contributed by atoms with E-state index in [0.29, 0.717) is 11.4 Å². The summed E-state index contributed by atoms with van der Waals surface area (Å²) in [5.41, 5.74) is 0.851. The maximum atomic E-state index is 11.4. The van der Waals surface area contributed by atoms with E-state index in [4.69, 9.17) is 16.7 Å². The summed E-state index contributed by atoms with van der Waals surface area (Å²) in [6, 6.07) is 7.02. The van der Waals surface area contributed by atoms with Crippen LogP contribution in [0.1, 0.15) is 12.0 Å². The number of amides is 1. The van der Waals surface area contributed by atoms with Gasteiger partial charge in [0.15, 0.2) is 0 Å². The largest absolute Gasteiger partial charge is 0.353 e. The minimum atomic E-state index is -3.46. The van der Waals surface area contributed by atoms with Crippen LogP contribution in [0.25, 0.3) is 6.08 Å². The molecular weight excluding hydrogens is 288 g/mol. The number of carbonyl (C=O) groups excluding carboxylic acids is 1. The van der Waals surface area contributed by atoms with Gasteiger partial charge in [0.2, 0.25) is 15.9 Å². The van der Waals surface area contributed by atoms with Crippen molar-refractivity contribution < 1.29 is 13.2 Å². The van der Waals surface area contributed by atoms with Gasteiger partial charge in [-0.2, -0.15) is 0 Å². The first-order valence-corrected chi connectivity index (χ1v) is 7.68. The quantitative estimate of drug-likeness (QED) is 0.610. The summed E-state index contributed by atoms with van der Waals surface area (Å²) in [6.07, 6.45) is 3.31. The molecule has 0 fully saturated rings. The van der Waals surface area contributed by atoms with Gasteiger partial charge in [-0.15, -0.1) is 0 Å². The molecule has 1 rings (SSSR count).